The van der Waals surface area contributed by atoms with Gasteiger partial charge in [-0.2, -0.15) is 0 Å². The molecule has 1 aliphatic rings. The minimum absolute atomic E-state index is 0.177. The van der Waals surface area contributed by atoms with Crippen molar-refractivity contribution in [2.45, 2.75) is 0 Å². The first-order valence-electron chi connectivity index (χ1n) is 5.34. The number of nitrogens with one attached hydrogen (secondary N) is 1. The fourth-order valence-corrected chi connectivity index (χ4v) is 1.63. The number of likely N-dealkylation sites (N-methyl/N-ethyl adjacent to an activating group) is 1. The first-order valence-corrected chi connectivity index (χ1v) is 5.34. The van der Waals surface area contributed by atoms with Crippen LogP contribution in [0.1, 0.15) is 0 Å². The van der Waals surface area contributed by atoms with Crippen LogP contribution in [0, 0.1) is 5.92 Å². The number of carbonyl (C=O) groups excluding carboxylic acids is 1. The molecule has 0 aromatic carbocycles. The predicted molar refractivity (Wildman–Crippen MR) is 58.9 cm³/mol. The Morgan fingerprint density at radius 2 is 2.33 bits per heavy atom. The van der Waals surface area contributed by atoms with Crippen molar-refractivity contribution < 1.29 is 9.53 Å². The van der Waals surface area contributed by atoms with Crippen molar-refractivity contribution in [2.75, 3.05) is 53.9 Å². The van der Waals surface area contributed by atoms with Gasteiger partial charge >= 0.3 is 6.09 Å². The molecule has 0 aromatic heterocycles. The number of hydrogen-bond donors (Lipinski definition) is 1. The highest BCUT2D eigenvalue weighted by Crippen LogP contribution is 2.10. The summed E-state index contributed by atoms with van der Waals surface area (Å²) in [4.78, 5) is 15.3. The lowest BCUT2D eigenvalue weighted by Gasteiger charge is -2.32. The van der Waals surface area contributed by atoms with Gasteiger partial charge in [0.15, 0.2) is 0 Å². The standard InChI is InChI=1S/C10H21N3O2/c1-11-6-9-7-13(5-4-12(2)3)10(14)15-8-9/h9,11H,4-8H2,1-3H3. The molecule has 1 unspecified atom stereocenters. The second-order valence-corrected chi connectivity index (χ2v) is 4.25. The highest BCUT2D eigenvalue weighted by molar-refractivity contribution is 5.68. The smallest absolute Gasteiger partial charge is 0.409 e. The molecule has 5 nitrogen and oxygen atoms in total. The Bertz CT molecular complexity index is 209. The first kappa shape index (κ1) is 12.3. The zero-order valence-corrected chi connectivity index (χ0v) is 9.82. The Morgan fingerprint density at radius 1 is 1.60 bits per heavy atom. The number of amides is 1. The Hall–Kier alpha value is -0.810. The molecule has 1 fully saturated rings. The second-order valence-electron chi connectivity index (χ2n) is 4.25. The Balaban J connectivity index is 2.36. The van der Waals surface area contributed by atoms with Gasteiger partial charge in [0.2, 0.25) is 0 Å². The fraction of sp³-hybridized carbons (Fsp3) is 0.900. The van der Waals surface area contributed by atoms with Gasteiger partial charge < -0.3 is 19.9 Å². The molecule has 0 radical (unpaired) electrons. The molecule has 1 amide bonds. The van der Waals surface area contributed by atoms with E-state index in [2.05, 4.69) is 10.2 Å². The van der Waals surface area contributed by atoms with Gasteiger partial charge in [-0.05, 0) is 21.1 Å². The maximum absolute atomic E-state index is 11.4. The van der Waals surface area contributed by atoms with Crippen LogP contribution in [0.5, 0.6) is 0 Å². The zero-order valence-electron chi connectivity index (χ0n) is 9.82. The summed E-state index contributed by atoms with van der Waals surface area (Å²) in [7, 11) is 5.92. The van der Waals surface area contributed by atoms with Crippen LogP contribution >= 0.6 is 0 Å². The van der Waals surface area contributed by atoms with Crippen LogP contribution in [0.2, 0.25) is 0 Å². The predicted octanol–water partition coefficient (Wildman–Crippen LogP) is -0.164. The molecule has 1 rings (SSSR count). The number of ether oxygens (including phenoxy) is 1. The fourth-order valence-electron chi connectivity index (χ4n) is 1.63. The minimum Gasteiger partial charge on any atom is -0.449 e. The van der Waals surface area contributed by atoms with Gasteiger partial charge in [0.25, 0.3) is 0 Å². The highest BCUT2D eigenvalue weighted by atomic mass is 16.6. The quantitative estimate of drug-likeness (QED) is 0.692. The van der Waals surface area contributed by atoms with E-state index in [1.54, 1.807) is 4.90 Å². The molecule has 88 valence electrons. The molecule has 0 spiro atoms. The summed E-state index contributed by atoms with van der Waals surface area (Å²) in [6, 6.07) is 0. The van der Waals surface area contributed by atoms with E-state index in [9.17, 15) is 4.79 Å². The van der Waals surface area contributed by atoms with Gasteiger partial charge in [-0.3, -0.25) is 0 Å². The van der Waals surface area contributed by atoms with Crippen LogP contribution in [0.4, 0.5) is 4.79 Å². The lowest BCUT2D eigenvalue weighted by molar-refractivity contribution is 0.0416. The van der Waals surface area contributed by atoms with E-state index in [4.69, 9.17) is 4.74 Å². The van der Waals surface area contributed by atoms with Crippen molar-refractivity contribution in [3.63, 3.8) is 0 Å². The van der Waals surface area contributed by atoms with Crippen LogP contribution in [0.25, 0.3) is 0 Å². The summed E-state index contributed by atoms with van der Waals surface area (Å²) in [6.07, 6.45) is -0.177. The van der Waals surface area contributed by atoms with Crippen molar-refractivity contribution in [3.8, 4) is 0 Å². The zero-order chi connectivity index (χ0) is 11.3. The Labute approximate surface area is 91.4 Å². The number of nitrogens with zero attached hydrogens (tertiary/aromatic N) is 2. The van der Waals surface area contributed by atoms with Gasteiger partial charge in [-0.1, -0.05) is 0 Å². The van der Waals surface area contributed by atoms with Gasteiger partial charge in [0.05, 0.1) is 6.61 Å². The van der Waals surface area contributed by atoms with Crippen molar-refractivity contribution in [1.82, 2.24) is 15.1 Å². The summed E-state index contributed by atoms with van der Waals surface area (Å²) in [5.74, 6) is 0.412. The molecule has 1 N–H and O–H groups in total. The van der Waals surface area contributed by atoms with E-state index >= 15 is 0 Å². The average molecular weight is 215 g/mol. The van der Waals surface area contributed by atoms with Gasteiger partial charge in [-0.25, -0.2) is 4.79 Å². The number of hydrogen-bond acceptors (Lipinski definition) is 4. The normalized spacial score (nSPS) is 22.0. The molecule has 0 aliphatic carbocycles. The number of cyclic esters (lactones) is 1. The van der Waals surface area contributed by atoms with E-state index in [1.807, 2.05) is 21.1 Å². The van der Waals surface area contributed by atoms with Crippen molar-refractivity contribution >= 4 is 6.09 Å². The van der Waals surface area contributed by atoms with Crippen molar-refractivity contribution in [3.05, 3.63) is 0 Å². The lowest BCUT2D eigenvalue weighted by atomic mass is 10.1. The second kappa shape index (κ2) is 5.92. The van der Waals surface area contributed by atoms with Gasteiger partial charge in [-0.15, -0.1) is 0 Å². The van der Waals surface area contributed by atoms with E-state index in [0.717, 1.165) is 26.2 Å². The van der Waals surface area contributed by atoms with Crippen LogP contribution in [-0.2, 0) is 4.74 Å². The molecule has 1 heterocycles. The molecular formula is C10H21N3O2. The summed E-state index contributed by atoms with van der Waals surface area (Å²) < 4.78 is 5.12. The Kier molecular flexibility index (Phi) is 4.84. The van der Waals surface area contributed by atoms with Crippen LogP contribution in [0.15, 0.2) is 0 Å². The maximum atomic E-state index is 11.4. The largest absolute Gasteiger partial charge is 0.449 e. The topological polar surface area (TPSA) is 44.8 Å². The Morgan fingerprint density at radius 3 is 2.93 bits per heavy atom. The van der Waals surface area contributed by atoms with Crippen molar-refractivity contribution in [1.29, 1.82) is 0 Å². The summed E-state index contributed by atoms with van der Waals surface area (Å²) in [5.41, 5.74) is 0. The first-order chi connectivity index (χ1) is 7.13. The van der Waals surface area contributed by atoms with Crippen LogP contribution < -0.4 is 5.32 Å². The summed E-state index contributed by atoms with van der Waals surface area (Å²) in [5, 5.41) is 3.11. The number of carbonyl (C=O) groups is 1. The van der Waals surface area contributed by atoms with Crippen LogP contribution in [-0.4, -0.2) is 69.8 Å². The summed E-state index contributed by atoms with van der Waals surface area (Å²) >= 11 is 0. The van der Waals surface area contributed by atoms with Crippen molar-refractivity contribution in [2.24, 2.45) is 5.92 Å². The van der Waals surface area contributed by atoms with E-state index in [-0.39, 0.29) is 6.09 Å². The van der Waals surface area contributed by atoms with E-state index < -0.39 is 0 Å². The lowest BCUT2D eigenvalue weighted by Crippen LogP contribution is -2.47. The summed E-state index contributed by atoms with van der Waals surface area (Å²) in [6.45, 7) is 3.85. The molecular weight excluding hydrogens is 194 g/mol. The highest BCUT2D eigenvalue weighted by Gasteiger charge is 2.26. The molecule has 0 bridgehead atoms. The third-order valence-corrected chi connectivity index (χ3v) is 2.49. The van der Waals surface area contributed by atoms with Gasteiger partial charge in [0, 0.05) is 32.1 Å². The third kappa shape index (κ3) is 4.05. The maximum Gasteiger partial charge on any atom is 0.409 e. The van der Waals surface area contributed by atoms with E-state index in [1.165, 1.54) is 0 Å². The molecule has 0 saturated carbocycles. The SMILES string of the molecule is CNCC1COC(=O)N(CCN(C)C)C1. The van der Waals surface area contributed by atoms with Gasteiger partial charge in [0.1, 0.15) is 0 Å². The molecule has 15 heavy (non-hydrogen) atoms. The molecule has 1 aliphatic heterocycles. The molecule has 0 aromatic rings. The average Bonchev–Trinajstić information content (AvgIpc) is 2.19. The molecule has 5 heteroatoms. The monoisotopic (exact) mass is 215 g/mol. The minimum atomic E-state index is -0.177. The van der Waals surface area contributed by atoms with Crippen LogP contribution in [0.3, 0.4) is 0 Å². The molecule has 1 atom stereocenters. The van der Waals surface area contributed by atoms with E-state index in [0.29, 0.717) is 12.5 Å². The third-order valence-electron chi connectivity index (χ3n) is 2.49. The number of rotatable bonds is 5. The molecule has 1 saturated heterocycles.